The first kappa shape index (κ1) is 27.1. The summed E-state index contributed by atoms with van der Waals surface area (Å²) >= 11 is 0. The van der Waals surface area contributed by atoms with Crippen molar-refractivity contribution in [1.82, 2.24) is 10.4 Å². The van der Waals surface area contributed by atoms with Crippen molar-refractivity contribution in [3.63, 3.8) is 0 Å². The molecule has 0 atom stereocenters. The molecule has 2 aliphatic heterocycles. The molecule has 5 rings (SSSR count). The first-order valence-corrected chi connectivity index (χ1v) is 13.4. The lowest BCUT2D eigenvalue weighted by atomic mass is 10.00. The Labute approximate surface area is 233 Å². The van der Waals surface area contributed by atoms with E-state index in [-0.39, 0.29) is 30.9 Å². The van der Waals surface area contributed by atoms with Gasteiger partial charge in [-0.05, 0) is 59.5 Å². The average Bonchev–Trinajstić information content (AvgIpc) is 3.11. The van der Waals surface area contributed by atoms with Crippen molar-refractivity contribution < 1.29 is 19.2 Å². The predicted octanol–water partition coefficient (Wildman–Crippen LogP) is 4.21. The summed E-state index contributed by atoms with van der Waals surface area (Å²) in [6, 6.07) is 20.7. The van der Waals surface area contributed by atoms with Crippen molar-refractivity contribution in [2.45, 2.75) is 32.4 Å². The Balaban J connectivity index is 1.32. The van der Waals surface area contributed by atoms with E-state index in [4.69, 9.17) is 21.0 Å². The Morgan fingerprint density at radius 1 is 1.02 bits per heavy atom. The number of nitrogens with one attached hydrogen (secondary N) is 1. The number of carbonyl (C=O) groups is 2. The van der Waals surface area contributed by atoms with E-state index in [1.807, 2.05) is 55.5 Å². The molecule has 0 radical (unpaired) electrons. The second-order valence-electron chi connectivity index (χ2n) is 9.93. The highest BCUT2D eigenvalue weighted by atomic mass is 16.7. The fourth-order valence-electron chi connectivity index (χ4n) is 4.46. The maximum Gasteiger partial charge on any atom is 0.273 e. The second kappa shape index (κ2) is 12.1. The van der Waals surface area contributed by atoms with E-state index in [9.17, 15) is 9.59 Å². The summed E-state index contributed by atoms with van der Waals surface area (Å²) in [5, 5.41) is 4.34. The third-order valence-corrected chi connectivity index (χ3v) is 6.74. The van der Waals surface area contributed by atoms with Gasteiger partial charge in [0, 0.05) is 35.4 Å². The minimum Gasteiger partial charge on any atom is -0.399 e. The number of nitrogen functional groups attached to an aromatic ring is 1. The summed E-state index contributed by atoms with van der Waals surface area (Å²) < 4.78 is 5.11. The standard InChI is InChI=1S/C31H33N5O4/c1-2-13-36(40-17-20-3-11-26(32)12-4-20)31(38)25-14-24-10-9-23(15-28(24)35-29(33)16-25)21-5-7-22(8-6-21)30(37)34-27-18-39-19-27/h3-12,14-15,27H,2,13,16-19,32H2,1H3,(H2,33,35)(H,34,37). The largest absolute Gasteiger partial charge is 0.399 e. The van der Waals surface area contributed by atoms with E-state index in [1.54, 1.807) is 24.3 Å². The number of ether oxygens (including phenoxy) is 1. The quantitative estimate of drug-likeness (QED) is 0.276. The number of benzene rings is 3. The van der Waals surface area contributed by atoms with E-state index < -0.39 is 0 Å². The minimum absolute atomic E-state index is 0.0780. The van der Waals surface area contributed by atoms with Crippen LogP contribution in [-0.4, -0.2) is 48.5 Å². The van der Waals surface area contributed by atoms with Crippen LogP contribution in [0.3, 0.4) is 0 Å². The van der Waals surface area contributed by atoms with Crippen molar-refractivity contribution in [2.75, 3.05) is 25.5 Å². The summed E-state index contributed by atoms with van der Waals surface area (Å²) in [5.41, 5.74) is 18.0. The van der Waals surface area contributed by atoms with Gasteiger partial charge in [0.05, 0.1) is 24.9 Å². The van der Waals surface area contributed by atoms with Gasteiger partial charge in [0.1, 0.15) is 12.4 Å². The van der Waals surface area contributed by atoms with Crippen LogP contribution in [0, 0.1) is 0 Å². The van der Waals surface area contributed by atoms with Crippen LogP contribution in [0.1, 0.15) is 41.3 Å². The molecule has 5 N–H and O–H groups in total. The number of anilines is 1. The minimum atomic E-state index is -0.241. The molecular weight excluding hydrogens is 506 g/mol. The number of nitrogens with zero attached hydrogens (tertiary/aromatic N) is 2. The van der Waals surface area contributed by atoms with Crippen LogP contribution in [0.5, 0.6) is 0 Å². The highest BCUT2D eigenvalue weighted by molar-refractivity contribution is 6.05. The van der Waals surface area contributed by atoms with Gasteiger partial charge in [0.15, 0.2) is 0 Å². The zero-order chi connectivity index (χ0) is 28.1. The molecule has 1 saturated heterocycles. The molecule has 3 aromatic carbocycles. The van der Waals surface area contributed by atoms with Gasteiger partial charge in [-0.2, -0.15) is 0 Å². The number of amides is 2. The maximum atomic E-state index is 13.5. The number of aliphatic imine (C=N–C) groups is 1. The number of fused-ring (bicyclic) bond motifs is 1. The molecule has 40 heavy (non-hydrogen) atoms. The Morgan fingerprint density at radius 2 is 1.75 bits per heavy atom. The number of carbonyl (C=O) groups excluding carboxylic acids is 2. The smallest absolute Gasteiger partial charge is 0.273 e. The van der Waals surface area contributed by atoms with Crippen LogP contribution < -0.4 is 16.8 Å². The van der Waals surface area contributed by atoms with Gasteiger partial charge in [-0.25, -0.2) is 10.1 Å². The topological polar surface area (TPSA) is 132 Å². The van der Waals surface area contributed by atoms with Crippen molar-refractivity contribution in [3.05, 3.63) is 89.0 Å². The van der Waals surface area contributed by atoms with Crippen molar-refractivity contribution in [3.8, 4) is 11.1 Å². The molecule has 0 aromatic heterocycles. The molecule has 2 amide bonds. The molecule has 9 nitrogen and oxygen atoms in total. The lowest BCUT2D eigenvalue weighted by Crippen LogP contribution is -2.48. The van der Waals surface area contributed by atoms with Crippen LogP contribution in [0.2, 0.25) is 0 Å². The number of hydrogen-bond acceptors (Lipinski definition) is 7. The van der Waals surface area contributed by atoms with Crippen LogP contribution in [-0.2, 0) is 21.0 Å². The van der Waals surface area contributed by atoms with Crippen LogP contribution in [0.15, 0.2) is 77.3 Å². The number of rotatable bonds is 9. The van der Waals surface area contributed by atoms with E-state index in [1.165, 1.54) is 5.06 Å². The van der Waals surface area contributed by atoms with E-state index in [2.05, 4.69) is 10.3 Å². The average molecular weight is 540 g/mol. The third kappa shape index (κ3) is 6.39. The molecule has 2 heterocycles. The van der Waals surface area contributed by atoms with Crippen molar-refractivity contribution in [1.29, 1.82) is 0 Å². The molecule has 206 valence electrons. The molecule has 0 spiro atoms. The molecule has 0 unspecified atom stereocenters. The predicted molar refractivity (Wildman–Crippen MR) is 155 cm³/mol. The molecule has 0 saturated carbocycles. The number of amidine groups is 1. The van der Waals surface area contributed by atoms with Crippen molar-refractivity contribution >= 4 is 35.1 Å². The SMILES string of the molecule is CCCN(OCc1ccc(N)cc1)C(=O)C1=Cc2ccc(-c3ccc(C(=O)NC4COC4)cc3)cc2N=C(N)C1. The third-order valence-electron chi connectivity index (χ3n) is 6.74. The summed E-state index contributed by atoms with van der Waals surface area (Å²) in [7, 11) is 0. The van der Waals surface area contributed by atoms with Crippen LogP contribution in [0.25, 0.3) is 17.2 Å². The van der Waals surface area contributed by atoms with Gasteiger partial charge < -0.3 is 21.5 Å². The lowest BCUT2D eigenvalue weighted by Gasteiger charge is -2.26. The molecule has 2 aliphatic rings. The monoisotopic (exact) mass is 539 g/mol. The number of nitrogens with two attached hydrogens (primary N) is 2. The van der Waals surface area contributed by atoms with Gasteiger partial charge in [0.25, 0.3) is 11.8 Å². The van der Waals surface area contributed by atoms with E-state index >= 15 is 0 Å². The maximum absolute atomic E-state index is 13.5. The van der Waals surface area contributed by atoms with Gasteiger partial charge in [0.2, 0.25) is 0 Å². The highest BCUT2D eigenvalue weighted by Gasteiger charge is 2.23. The Hall–Kier alpha value is -4.47. The molecule has 0 bridgehead atoms. The molecule has 9 heteroatoms. The number of hydroxylamine groups is 2. The first-order valence-electron chi connectivity index (χ1n) is 13.4. The summed E-state index contributed by atoms with van der Waals surface area (Å²) in [4.78, 5) is 36.4. The molecule has 3 aromatic rings. The van der Waals surface area contributed by atoms with Gasteiger partial charge in [-0.15, -0.1) is 0 Å². The van der Waals surface area contributed by atoms with Gasteiger partial charge in [-0.3, -0.25) is 14.4 Å². The zero-order valence-corrected chi connectivity index (χ0v) is 22.4. The van der Waals surface area contributed by atoms with Crippen LogP contribution in [0.4, 0.5) is 11.4 Å². The van der Waals surface area contributed by atoms with E-state index in [0.717, 1.165) is 28.7 Å². The molecule has 1 fully saturated rings. The van der Waals surface area contributed by atoms with E-state index in [0.29, 0.717) is 48.1 Å². The summed E-state index contributed by atoms with van der Waals surface area (Å²) in [6.45, 7) is 3.78. The summed E-state index contributed by atoms with van der Waals surface area (Å²) in [6.07, 6.45) is 2.78. The van der Waals surface area contributed by atoms with Crippen LogP contribution >= 0.6 is 0 Å². The lowest BCUT2D eigenvalue weighted by molar-refractivity contribution is -0.187. The Morgan fingerprint density at radius 3 is 2.42 bits per heavy atom. The zero-order valence-electron chi connectivity index (χ0n) is 22.4. The number of hydrogen-bond donors (Lipinski definition) is 3. The Kier molecular flexibility index (Phi) is 8.23. The van der Waals surface area contributed by atoms with Gasteiger partial charge >= 0.3 is 0 Å². The molecular formula is C31H33N5O4. The fraction of sp³-hybridized carbons (Fsp3) is 0.258. The summed E-state index contributed by atoms with van der Waals surface area (Å²) in [5.74, 6) is -0.0109. The fourth-order valence-corrected chi connectivity index (χ4v) is 4.46. The van der Waals surface area contributed by atoms with Crippen molar-refractivity contribution in [2.24, 2.45) is 10.7 Å². The Bertz CT molecular complexity index is 1440. The normalized spacial score (nSPS) is 14.7. The molecule has 0 aliphatic carbocycles. The highest BCUT2D eigenvalue weighted by Crippen LogP contribution is 2.32. The van der Waals surface area contributed by atoms with Gasteiger partial charge in [-0.1, -0.05) is 43.3 Å². The second-order valence-corrected chi connectivity index (χ2v) is 9.93. The first-order chi connectivity index (χ1) is 19.4.